The van der Waals surface area contributed by atoms with E-state index in [4.69, 9.17) is 11.5 Å². The molecule has 2 aromatic heterocycles. The molecule has 0 aliphatic carbocycles. The number of phenols is 1. The number of carboxylic acids is 1. The Morgan fingerprint density at radius 1 is 0.521 bits per heavy atom. The summed E-state index contributed by atoms with van der Waals surface area (Å²) in [5.41, 5.74) is 13.1. The lowest BCUT2D eigenvalue weighted by molar-refractivity contribution is -0.149. The van der Waals surface area contributed by atoms with E-state index in [-0.39, 0.29) is 75.1 Å². The normalized spacial score (nSPS) is 23.7. The Balaban J connectivity index is 1.26. The molecule has 796 valence electrons. The minimum absolute atomic E-state index is 0.0492. The van der Waals surface area contributed by atoms with E-state index in [9.17, 15) is 82.4 Å². The van der Waals surface area contributed by atoms with Crippen LogP contribution in [0.5, 0.6) is 5.75 Å². The number of unbranched alkanes of at least 4 members (excludes halogenated alkanes) is 2. The highest BCUT2D eigenvalue weighted by molar-refractivity contribution is 8.00. The first-order valence-electron chi connectivity index (χ1n) is 48.5. The lowest BCUT2D eigenvalue weighted by atomic mass is 9.99. The molecule has 49 heteroatoms. The van der Waals surface area contributed by atoms with Crippen molar-refractivity contribution in [3.05, 3.63) is 102 Å². The zero-order chi connectivity index (χ0) is 108. The number of para-hydroxylation sites is 2. The fourth-order valence-electron chi connectivity index (χ4n) is 17.5. The predicted molar refractivity (Wildman–Crippen MR) is 531 cm³/mol. The summed E-state index contributed by atoms with van der Waals surface area (Å²) in [6.07, 6.45) is -0.775. The van der Waals surface area contributed by atoms with Crippen LogP contribution in [-0.2, 0) is 122 Å². The van der Waals surface area contributed by atoms with Crippen molar-refractivity contribution in [3.63, 3.8) is 0 Å². The lowest BCUT2D eigenvalue weighted by Gasteiger charge is -2.36. The number of primary amides is 2. The molecule has 0 saturated carbocycles. The van der Waals surface area contributed by atoms with Crippen LogP contribution in [0.3, 0.4) is 0 Å². The van der Waals surface area contributed by atoms with Gasteiger partial charge in [-0.3, -0.25) is 107 Å². The Kier molecular flexibility index (Phi) is 44.1. The quantitative estimate of drug-likeness (QED) is 0.0247. The largest absolute Gasteiger partial charge is 0.508 e. The van der Waals surface area contributed by atoms with E-state index in [2.05, 4.69) is 74.1 Å². The number of aliphatic hydroxyl groups excluding tert-OH is 1. The number of urea groups is 2. The number of nitrogens with zero attached hydrogens (tertiary/aromatic N) is 6. The maximum atomic E-state index is 16.2. The Hall–Kier alpha value is -14.8. The summed E-state index contributed by atoms with van der Waals surface area (Å²) in [7, 11) is 3.78. The van der Waals surface area contributed by atoms with Gasteiger partial charge < -0.3 is 125 Å². The van der Waals surface area contributed by atoms with Gasteiger partial charge in [-0.05, 0) is 105 Å². The standard InChI is InChI=1S/C97H137N23O25S/c1-13-15-25-74-88(136)108-65(36-51(3)4)85(133)114-72(83(131)102-45-79(99)126)49-146-50-80(127)106-68(38-56-29-31-59(123)32-30-56)91(139)115(10)53(7)82(130)110-70(42-78(98)125)93(141)119-35-21-28-75(119)89(137)113-71(44-103-97(145)105-55(9)122)87(135)111-67(37-52(5)6)94(142)120-47-60(124)41-77(120)90(138)109-66(39-57-43-101-63-24-19-17-22-61(57)63)86(134)107-64(33-34-100-96(144)104-54(8)121)84(132)112-69(92(140)117(12)76(26-16-14-2)95(143)116(74)11)40-58-46-118(48-81(128)129)73-27-20-18-23-62(58)73/h17-20,22-24,27,29-32,43,46,51-53,60,64-72,74-77,101,123-124H,13-16,21,25-26,28,33-42,44-45,47-50H2,1-12H3,(H2,98,125)(H2,99,126)(H,102,131)(H,106,127)(H,107,134)(H,108,136)(H,109,138)(H,110,130)(H,111,135)(H,112,132)(H,113,137)(H,114,133)(H,128,129)(H2,100,104,121,144)(H2,103,105,122,145)/t53-,60+,64-,65-,66-,67-,68-,69-,70-,71-,72-,74-,75-,76-,77-/m0/s1. The predicted octanol–water partition coefficient (Wildman–Crippen LogP) is -2.46. The number of carboxylic acid groups (broad SMARTS) is 1. The number of thioether (sulfide) groups is 1. The van der Waals surface area contributed by atoms with Crippen molar-refractivity contribution < 1.29 is 121 Å². The Morgan fingerprint density at radius 3 is 1.69 bits per heavy atom. The van der Waals surface area contributed by atoms with Gasteiger partial charge in [0.05, 0.1) is 24.8 Å². The molecule has 3 fully saturated rings. The molecule has 0 spiro atoms. The SMILES string of the molecule is CCCC[C@H]1C(=O)N(C)[C@@H](CCCC)C(=O)N[C@@H](CC(C)C)C(=O)N[C@H](C(=O)NCC(N)=O)CSCC(=O)N[C@@H](Cc2ccc(O)cc2)C(=O)N(C)[C@@H](C)C(=O)N[C@@H](CC(N)=O)C(=O)N2CCC[C@H]2C(=O)N[C@@H](CNC(=O)NC(C)=O)C(=O)N[C@@H](CC(C)C)C(=O)N2C[C@H](O)C[C@H]2C(=O)N[C@@H](Cc2c[nH]c3ccccc23)C(=O)N[C@@H](CCNC(=O)NC(C)=O)C(=O)N[C@@H](Cc2cn(CC(=O)O)c3ccccc23)C(=O)N1C. The maximum Gasteiger partial charge on any atom is 0.323 e. The Labute approximate surface area is 847 Å². The zero-order valence-corrected chi connectivity index (χ0v) is 84.8. The lowest BCUT2D eigenvalue weighted by Crippen LogP contribution is -2.62. The number of amides is 23. The molecule has 0 radical (unpaired) electrons. The number of nitrogens with two attached hydrogens (primary N) is 2. The van der Waals surface area contributed by atoms with Crippen molar-refractivity contribution in [2.24, 2.45) is 23.3 Å². The van der Waals surface area contributed by atoms with Crippen LogP contribution in [0.25, 0.3) is 21.8 Å². The number of aromatic hydroxyl groups is 1. The molecule has 0 bridgehead atoms. The number of carbonyl (C=O) groups is 22. The van der Waals surface area contributed by atoms with Gasteiger partial charge in [-0.1, -0.05) is 116 Å². The average molecular weight is 2060 g/mol. The van der Waals surface area contributed by atoms with Crippen molar-refractivity contribution in [2.45, 2.75) is 262 Å². The molecule has 3 aromatic carbocycles. The summed E-state index contributed by atoms with van der Waals surface area (Å²) < 4.78 is 1.39. The summed E-state index contributed by atoms with van der Waals surface area (Å²) in [6.45, 7) is 10.2. The second-order valence-corrected chi connectivity index (χ2v) is 38.6. The highest BCUT2D eigenvalue weighted by atomic mass is 32.2. The van der Waals surface area contributed by atoms with E-state index in [0.29, 0.717) is 52.2 Å². The molecule has 3 aliphatic rings. The van der Waals surface area contributed by atoms with Gasteiger partial charge in [-0.15, -0.1) is 11.8 Å². The summed E-state index contributed by atoms with van der Waals surface area (Å²) in [5.74, 6) is -22.3. The van der Waals surface area contributed by atoms with Crippen molar-refractivity contribution in [1.29, 1.82) is 0 Å². The molecule has 8 rings (SSSR count). The minimum Gasteiger partial charge on any atom is -0.508 e. The molecule has 5 heterocycles. The molecule has 146 heavy (non-hydrogen) atoms. The van der Waals surface area contributed by atoms with Gasteiger partial charge in [0.2, 0.25) is 112 Å². The number of phenolic OH excluding ortho intramolecular Hbond substituents is 1. The monoisotopic (exact) mass is 2060 g/mol. The molecule has 3 saturated heterocycles. The molecule has 22 N–H and O–H groups in total. The second kappa shape index (κ2) is 55.3. The molecule has 0 unspecified atom stereocenters. The minimum atomic E-state index is -1.91. The molecular formula is C97H137N23O25S. The number of carbonyl (C=O) groups excluding carboxylic acids is 21. The van der Waals surface area contributed by atoms with Gasteiger partial charge in [0, 0.05) is 127 Å². The number of hydrogen-bond acceptors (Lipinski definition) is 25. The van der Waals surface area contributed by atoms with E-state index < -0.39 is 303 Å². The van der Waals surface area contributed by atoms with Crippen molar-refractivity contribution >= 4 is 164 Å². The summed E-state index contributed by atoms with van der Waals surface area (Å²) in [5, 5.41) is 67.9. The third kappa shape index (κ3) is 33.9. The number of aromatic nitrogens is 2. The number of aromatic amines is 1. The number of H-pyrrole nitrogens is 1. The summed E-state index contributed by atoms with van der Waals surface area (Å²) >= 11 is 0.751. The van der Waals surface area contributed by atoms with Gasteiger partial charge in [0.25, 0.3) is 0 Å². The number of imide groups is 2. The van der Waals surface area contributed by atoms with Crippen molar-refractivity contribution in [3.8, 4) is 5.75 Å². The zero-order valence-electron chi connectivity index (χ0n) is 83.9. The fourth-order valence-corrected chi connectivity index (χ4v) is 18.4. The number of aliphatic carboxylic acids is 1. The van der Waals surface area contributed by atoms with Crippen LogP contribution < -0.4 is 85.9 Å². The molecule has 15 atom stereocenters. The first-order chi connectivity index (χ1) is 69.1. The molecule has 5 aromatic rings. The first-order valence-corrected chi connectivity index (χ1v) is 49.7. The molecule has 23 amide bonds. The Morgan fingerprint density at radius 2 is 1.05 bits per heavy atom. The van der Waals surface area contributed by atoms with Crippen LogP contribution in [0.1, 0.15) is 162 Å². The topological polar surface area (TPSA) is 694 Å². The molecular weight excluding hydrogens is 1920 g/mol. The van der Waals surface area contributed by atoms with Crippen molar-refractivity contribution in [2.75, 3.05) is 65.4 Å². The number of aliphatic hydroxyl groups is 1. The number of likely N-dealkylation sites (N-methyl/N-ethyl adjacent to an activating group) is 3. The van der Waals surface area contributed by atoms with E-state index in [0.717, 1.165) is 50.1 Å². The van der Waals surface area contributed by atoms with Gasteiger partial charge in [0.15, 0.2) is 0 Å². The number of rotatable bonds is 28. The smallest absolute Gasteiger partial charge is 0.323 e. The van der Waals surface area contributed by atoms with Crippen LogP contribution >= 0.6 is 11.8 Å². The Bertz CT molecular complexity index is 5600. The van der Waals surface area contributed by atoms with E-state index in [1.54, 1.807) is 89.3 Å². The molecule has 3 aliphatic heterocycles. The van der Waals surface area contributed by atoms with E-state index >= 15 is 38.4 Å². The maximum absolute atomic E-state index is 16.2. The van der Waals surface area contributed by atoms with Crippen LogP contribution in [0.15, 0.2) is 85.2 Å². The van der Waals surface area contributed by atoms with Crippen LogP contribution in [0.4, 0.5) is 9.59 Å². The van der Waals surface area contributed by atoms with Gasteiger partial charge in [-0.25, -0.2) is 9.59 Å². The third-order valence-electron chi connectivity index (χ3n) is 25.1. The summed E-state index contributed by atoms with van der Waals surface area (Å²) in [4.78, 5) is 325. The van der Waals surface area contributed by atoms with Crippen molar-refractivity contribution in [1.82, 2.24) is 108 Å². The van der Waals surface area contributed by atoms with Gasteiger partial charge >= 0.3 is 18.0 Å². The first kappa shape index (κ1) is 116. The number of fused-ring (bicyclic) bond motifs is 4. The number of benzene rings is 3. The van der Waals surface area contributed by atoms with E-state index in [1.807, 2.05) is 12.2 Å². The number of hydrogen-bond donors (Lipinski definition) is 20. The summed E-state index contributed by atoms with van der Waals surface area (Å²) in [6, 6.07) is -6.68. The van der Waals surface area contributed by atoms with Crippen LogP contribution in [-0.4, -0.2) is 336 Å². The third-order valence-corrected chi connectivity index (χ3v) is 26.2. The van der Waals surface area contributed by atoms with E-state index in [1.165, 1.54) is 63.1 Å². The molecule has 48 nitrogen and oxygen atoms in total. The number of nitrogens with one attached hydrogen (secondary N) is 15. The van der Waals surface area contributed by atoms with Gasteiger partial charge in [0.1, 0.15) is 96.9 Å². The second-order valence-electron chi connectivity index (χ2n) is 37.6. The van der Waals surface area contributed by atoms with Gasteiger partial charge in [-0.2, -0.15) is 0 Å². The highest BCUT2D eigenvalue weighted by Crippen LogP contribution is 2.29. The fraction of sp³-hybridized carbons (Fsp3) is 0.546. The average Bonchev–Trinajstić information content (AvgIpc) is 1.63. The van der Waals surface area contributed by atoms with Crippen LogP contribution in [0.2, 0.25) is 0 Å². The van der Waals surface area contributed by atoms with Crippen LogP contribution in [0, 0.1) is 11.8 Å². The highest BCUT2D eigenvalue weighted by Gasteiger charge is 2.47.